The van der Waals surface area contributed by atoms with E-state index in [1.807, 2.05) is 12.1 Å². The van der Waals surface area contributed by atoms with Crippen LogP contribution in [-0.2, 0) is 0 Å². The predicted molar refractivity (Wildman–Crippen MR) is 88.4 cm³/mol. The Kier molecular flexibility index (Phi) is 5.02. The first-order valence-corrected chi connectivity index (χ1v) is 7.67. The Labute approximate surface area is 130 Å². The van der Waals surface area contributed by atoms with Crippen LogP contribution in [-0.4, -0.2) is 6.54 Å². The second-order valence-corrected chi connectivity index (χ2v) is 6.18. The van der Waals surface area contributed by atoms with Gasteiger partial charge in [0.2, 0.25) is 0 Å². The topological polar surface area (TPSA) is 38.0 Å². The SMILES string of the molecule is Cc1cccc(NC(CN)c2ccc(Br)c(Br)c2)c1. The summed E-state index contributed by atoms with van der Waals surface area (Å²) in [6.45, 7) is 2.63. The quantitative estimate of drug-likeness (QED) is 0.807. The number of rotatable bonds is 4. The van der Waals surface area contributed by atoms with E-state index < -0.39 is 0 Å². The summed E-state index contributed by atoms with van der Waals surface area (Å²) in [5.41, 5.74) is 9.38. The van der Waals surface area contributed by atoms with Crippen molar-refractivity contribution in [2.75, 3.05) is 11.9 Å². The van der Waals surface area contributed by atoms with Crippen molar-refractivity contribution in [3.8, 4) is 0 Å². The molecule has 0 fully saturated rings. The van der Waals surface area contributed by atoms with Crippen molar-refractivity contribution in [3.63, 3.8) is 0 Å². The van der Waals surface area contributed by atoms with Gasteiger partial charge in [0, 0.05) is 21.2 Å². The molecule has 2 aromatic carbocycles. The van der Waals surface area contributed by atoms with Crippen molar-refractivity contribution < 1.29 is 0 Å². The van der Waals surface area contributed by atoms with Crippen LogP contribution in [0, 0.1) is 6.92 Å². The van der Waals surface area contributed by atoms with Gasteiger partial charge in [-0.2, -0.15) is 0 Å². The van der Waals surface area contributed by atoms with E-state index in [0.717, 1.165) is 14.6 Å². The lowest BCUT2D eigenvalue weighted by Gasteiger charge is -2.19. The maximum atomic E-state index is 5.89. The summed E-state index contributed by atoms with van der Waals surface area (Å²) in [7, 11) is 0. The molecule has 100 valence electrons. The Morgan fingerprint density at radius 1 is 1.11 bits per heavy atom. The minimum atomic E-state index is 0.103. The highest BCUT2D eigenvalue weighted by Crippen LogP contribution is 2.28. The van der Waals surface area contributed by atoms with Crippen LogP contribution in [0.4, 0.5) is 5.69 Å². The molecule has 0 bridgehead atoms. The van der Waals surface area contributed by atoms with Gasteiger partial charge in [0.1, 0.15) is 0 Å². The average Bonchev–Trinajstić information content (AvgIpc) is 2.39. The summed E-state index contributed by atoms with van der Waals surface area (Å²) in [4.78, 5) is 0. The fourth-order valence-corrected chi connectivity index (χ4v) is 2.59. The highest BCUT2D eigenvalue weighted by atomic mass is 79.9. The predicted octanol–water partition coefficient (Wildman–Crippen LogP) is 4.63. The highest BCUT2D eigenvalue weighted by molar-refractivity contribution is 9.13. The van der Waals surface area contributed by atoms with Gasteiger partial charge in [0.15, 0.2) is 0 Å². The largest absolute Gasteiger partial charge is 0.377 e. The molecule has 2 nitrogen and oxygen atoms in total. The fourth-order valence-electron chi connectivity index (χ4n) is 1.94. The van der Waals surface area contributed by atoms with E-state index in [2.05, 4.69) is 74.4 Å². The van der Waals surface area contributed by atoms with Crippen LogP contribution in [0.25, 0.3) is 0 Å². The summed E-state index contributed by atoms with van der Waals surface area (Å²) >= 11 is 7.00. The molecule has 0 saturated carbocycles. The minimum Gasteiger partial charge on any atom is -0.377 e. The molecule has 1 atom stereocenters. The van der Waals surface area contributed by atoms with Crippen LogP contribution in [0.1, 0.15) is 17.2 Å². The van der Waals surface area contributed by atoms with E-state index in [1.54, 1.807) is 0 Å². The molecule has 4 heteroatoms. The number of nitrogens with one attached hydrogen (secondary N) is 1. The van der Waals surface area contributed by atoms with Gasteiger partial charge in [-0.15, -0.1) is 0 Å². The van der Waals surface area contributed by atoms with E-state index >= 15 is 0 Å². The zero-order valence-electron chi connectivity index (χ0n) is 10.7. The Bertz CT molecular complexity index is 570. The van der Waals surface area contributed by atoms with Gasteiger partial charge in [0.05, 0.1) is 6.04 Å². The molecule has 0 saturated heterocycles. The number of hydrogen-bond acceptors (Lipinski definition) is 2. The van der Waals surface area contributed by atoms with Gasteiger partial charge in [-0.05, 0) is 74.2 Å². The molecular weight excluding hydrogens is 368 g/mol. The lowest BCUT2D eigenvalue weighted by atomic mass is 10.1. The molecule has 0 aliphatic heterocycles. The second kappa shape index (κ2) is 6.55. The minimum absolute atomic E-state index is 0.103. The van der Waals surface area contributed by atoms with Crippen molar-refractivity contribution >= 4 is 37.5 Å². The van der Waals surface area contributed by atoms with Crippen molar-refractivity contribution in [3.05, 3.63) is 62.5 Å². The third-order valence-corrected chi connectivity index (χ3v) is 4.82. The zero-order chi connectivity index (χ0) is 13.8. The first-order valence-electron chi connectivity index (χ1n) is 6.08. The molecule has 0 aliphatic carbocycles. The molecule has 0 radical (unpaired) electrons. The van der Waals surface area contributed by atoms with Crippen LogP contribution in [0.2, 0.25) is 0 Å². The first kappa shape index (κ1) is 14.6. The number of anilines is 1. The Morgan fingerprint density at radius 2 is 1.89 bits per heavy atom. The molecular formula is C15H16Br2N2. The number of benzene rings is 2. The molecule has 0 aromatic heterocycles. The van der Waals surface area contributed by atoms with Gasteiger partial charge in [-0.1, -0.05) is 18.2 Å². The Balaban J connectivity index is 2.22. The maximum Gasteiger partial charge on any atom is 0.0636 e. The molecule has 2 aromatic rings. The summed E-state index contributed by atoms with van der Waals surface area (Å²) in [5.74, 6) is 0. The van der Waals surface area contributed by atoms with Crippen molar-refractivity contribution in [1.82, 2.24) is 0 Å². The fraction of sp³-hybridized carbons (Fsp3) is 0.200. The van der Waals surface area contributed by atoms with E-state index in [0.29, 0.717) is 6.54 Å². The molecule has 1 unspecified atom stereocenters. The summed E-state index contributed by atoms with van der Waals surface area (Å²) in [6, 6.07) is 14.6. The Hall–Kier alpha value is -0.840. The van der Waals surface area contributed by atoms with Crippen LogP contribution in [0.5, 0.6) is 0 Å². The normalized spacial score (nSPS) is 12.2. The lowest BCUT2D eigenvalue weighted by molar-refractivity contribution is 0.789. The van der Waals surface area contributed by atoms with Gasteiger partial charge in [-0.3, -0.25) is 0 Å². The van der Waals surface area contributed by atoms with E-state index in [9.17, 15) is 0 Å². The summed E-state index contributed by atoms with van der Waals surface area (Å²) < 4.78 is 2.08. The van der Waals surface area contributed by atoms with Gasteiger partial charge >= 0.3 is 0 Å². The van der Waals surface area contributed by atoms with Gasteiger partial charge in [0.25, 0.3) is 0 Å². The monoisotopic (exact) mass is 382 g/mol. The van der Waals surface area contributed by atoms with Crippen LogP contribution < -0.4 is 11.1 Å². The average molecular weight is 384 g/mol. The molecule has 3 N–H and O–H groups in total. The second-order valence-electron chi connectivity index (χ2n) is 4.48. The van der Waals surface area contributed by atoms with Crippen LogP contribution >= 0.6 is 31.9 Å². The molecule has 0 spiro atoms. The number of aryl methyl sites for hydroxylation is 1. The van der Waals surface area contributed by atoms with Crippen molar-refractivity contribution in [2.24, 2.45) is 5.73 Å². The molecule has 19 heavy (non-hydrogen) atoms. The van der Waals surface area contributed by atoms with Gasteiger partial charge in [-0.25, -0.2) is 0 Å². The van der Waals surface area contributed by atoms with E-state index in [4.69, 9.17) is 5.73 Å². The highest BCUT2D eigenvalue weighted by Gasteiger charge is 2.11. The van der Waals surface area contributed by atoms with E-state index in [-0.39, 0.29) is 6.04 Å². The molecule has 0 heterocycles. The molecule has 2 rings (SSSR count). The standard InChI is InChI=1S/C15H16Br2N2/c1-10-3-2-4-12(7-10)19-15(9-18)11-5-6-13(16)14(17)8-11/h2-8,15,19H,9,18H2,1H3. The van der Waals surface area contributed by atoms with Gasteiger partial charge < -0.3 is 11.1 Å². The number of hydrogen-bond donors (Lipinski definition) is 2. The maximum absolute atomic E-state index is 5.89. The third kappa shape index (κ3) is 3.81. The smallest absolute Gasteiger partial charge is 0.0636 e. The zero-order valence-corrected chi connectivity index (χ0v) is 13.8. The number of nitrogens with two attached hydrogens (primary N) is 1. The van der Waals surface area contributed by atoms with Crippen molar-refractivity contribution in [1.29, 1.82) is 0 Å². The van der Waals surface area contributed by atoms with Crippen molar-refractivity contribution in [2.45, 2.75) is 13.0 Å². The summed E-state index contributed by atoms with van der Waals surface area (Å²) in [5, 5.41) is 3.47. The third-order valence-electron chi connectivity index (χ3n) is 2.94. The Morgan fingerprint density at radius 3 is 2.53 bits per heavy atom. The lowest BCUT2D eigenvalue weighted by Crippen LogP contribution is -2.20. The number of halogens is 2. The molecule has 0 aliphatic rings. The van der Waals surface area contributed by atoms with E-state index in [1.165, 1.54) is 11.1 Å². The summed E-state index contributed by atoms with van der Waals surface area (Å²) in [6.07, 6.45) is 0. The van der Waals surface area contributed by atoms with Crippen LogP contribution in [0.15, 0.2) is 51.4 Å². The first-order chi connectivity index (χ1) is 9.10. The molecule has 0 amide bonds. The van der Waals surface area contributed by atoms with Crippen LogP contribution in [0.3, 0.4) is 0 Å².